The molecule has 4 saturated heterocycles. The van der Waals surface area contributed by atoms with Gasteiger partial charge in [0.15, 0.2) is 0 Å². The molecule has 6 aliphatic rings. The molecule has 2 aromatic carbocycles. The van der Waals surface area contributed by atoms with Gasteiger partial charge >= 0.3 is 23.9 Å². The van der Waals surface area contributed by atoms with Crippen molar-refractivity contribution in [2.45, 2.75) is 49.9 Å². The average molecular weight is 631 g/mol. The lowest BCUT2D eigenvalue weighted by molar-refractivity contribution is -0.429. The highest BCUT2D eigenvalue weighted by atomic mass is 16.5. The minimum atomic E-state index is -1.85. The molecule has 12 nitrogen and oxygen atoms in total. The first-order valence-corrected chi connectivity index (χ1v) is 15.0. The third-order valence-electron chi connectivity index (χ3n) is 11.8. The molecule has 0 aromatic heterocycles. The molecule has 8 bridgehead atoms. The molecule has 0 radical (unpaired) electrons. The summed E-state index contributed by atoms with van der Waals surface area (Å²) in [5, 5.41) is 0. The van der Waals surface area contributed by atoms with Crippen LogP contribution in [0, 0.1) is 21.7 Å². The van der Waals surface area contributed by atoms with Crippen LogP contribution >= 0.6 is 0 Å². The number of nitrogens with zero attached hydrogens (tertiary/aromatic N) is 2. The SMILES string of the molecule is COC(=O)C12C(c3ccccc3)C3(C(=O)OC)C4N(C(C)=O)C1C1(C(=O)OC)C(c5ccccc5)C4(C(=O)OC)C3N(C(C)=O)C21. The number of carbonyl (C=O) groups is 6. The van der Waals surface area contributed by atoms with Crippen LogP contribution in [0.3, 0.4) is 0 Å². The third kappa shape index (κ3) is 2.65. The summed E-state index contributed by atoms with van der Waals surface area (Å²) < 4.78 is 22.1. The molecular formula is C34H34N2O10. The molecule has 2 aliphatic carbocycles. The molecular weight excluding hydrogens is 596 g/mol. The summed E-state index contributed by atoms with van der Waals surface area (Å²) in [5.41, 5.74) is -6.33. The topological polar surface area (TPSA) is 146 Å². The lowest BCUT2D eigenvalue weighted by Gasteiger charge is -2.94. The number of amides is 2. The van der Waals surface area contributed by atoms with Gasteiger partial charge in [0.05, 0.1) is 52.6 Å². The standard InChI is InChI=1S/C34H34N2O10/c1-17(37)35-23-31(27(39)43-3)21(19-13-9-7-10-14-19)32(28(40)44-4)24(35)34(30(42)46-6)22(20-15-11-8-12-16-20)33(23,29(41)45-5)25(31)36(18(2)38)26(32)34/h7-16,21-26H,1-6H3. The van der Waals surface area contributed by atoms with Crippen molar-refractivity contribution >= 4 is 35.7 Å². The normalized spacial score (nSPS) is 38.6. The molecule has 8 rings (SSSR count). The van der Waals surface area contributed by atoms with Gasteiger partial charge in [-0.25, -0.2) is 0 Å². The van der Waals surface area contributed by atoms with Crippen molar-refractivity contribution in [1.29, 1.82) is 0 Å². The summed E-state index contributed by atoms with van der Waals surface area (Å²) in [4.78, 5) is 89.4. The van der Waals surface area contributed by atoms with Gasteiger partial charge in [-0.3, -0.25) is 28.8 Å². The van der Waals surface area contributed by atoms with Crippen molar-refractivity contribution in [3.05, 3.63) is 71.8 Å². The fourth-order valence-electron chi connectivity index (χ4n) is 11.4. The second-order valence-corrected chi connectivity index (χ2v) is 12.8. The van der Waals surface area contributed by atoms with E-state index in [1.165, 1.54) is 52.1 Å². The van der Waals surface area contributed by atoms with Crippen LogP contribution in [0.1, 0.15) is 36.8 Å². The van der Waals surface area contributed by atoms with Crippen LogP contribution in [-0.4, -0.2) is 98.1 Å². The largest absolute Gasteiger partial charge is 0.468 e. The molecule has 12 heteroatoms. The number of rotatable bonds is 6. The Balaban J connectivity index is 1.75. The minimum absolute atomic E-state index is 0.532. The first kappa shape index (κ1) is 29.9. The van der Waals surface area contributed by atoms with Gasteiger partial charge in [-0.15, -0.1) is 0 Å². The molecule has 4 aliphatic heterocycles. The van der Waals surface area contributed by atoms with E-state index >= 15 is 0 Å². The number of hydrogen-bond acceptors (Lipinski definition) is 10. The van der Waals surface area contributed by atoms with Crippen molar-refractivity contribution in [2.24, 2.45) is 21.7 Å². The second kappa shape index (κ2) is 9.40. The predicted molar refractivity (Wildman–Crippen MR) is 156 cm³/mol. The highest BCUT2D eigenvalue weighted by Crippen LogP contribution is 2.92. The monoisotopic (exact) mass is 630 g/mol. The number of piperidine rings is 4. The Morgan fingerprint density at radius 3 is 0.913 bits per heavy atom. The maximum absolute atomic E-state index is 14.7. The molecule has 0 N–H and O–H groups in total. The Labute approximate surface area is 264 Å². The Morgan fingerprint density at radius 2 is 0.717 bits per heavy atom. The van der Waals surface area contributed by atoms with Crippen LogP contribution < -0.4 is 0 Å². The quantitative estimate of drug-likeness (QED) is 0.339. The Hall–Kier alpha value is -4.74. The maximum atomic E-state index is 14.7. The van der Waals surface area contributed by atoms with Gasteiger partial charge in [0.1, 0.15) is 21.7 Å². The molecule has 6 fully saturated rings. The first-order valence-electron chi connectivity index (χ1n) is 15.0. The second-order valence-electron chi connectivity index (χ2n) is 12.8. The van der Waals surface area contributed by atoms with Crippen LogP contribution in [0.4, 0.5) is 0 Å². The van der Waals surface area contributed by atoms with E-state index in [2.05, 4.69) is 0 Å². The van der Waals surface area contributed by atoms with E-state index < -0.39 is 93.4 Å². The fraction of sp³-hybridized carbons (Fsp3) is 0.471. The van der Waals surface area contributed by atoms with Crippen LogP contribution in [0.2, 0.25) is 0 Å². The molecule has 0 atom stereocenters. The van der Waals surface area contributed by atoms with E-state index in [4.69, 9.17) is 18.9 Å². The lowest BCUT2D eigenvalue weighted by Crippen LogP contribution is -3.10. The smallest absolute Gasteiger partial charge is 0.316 e. The van der Waals surface area contributed by atoms with E-state index in [0.29, 0.717) is 11.1 Å². The predicted octanol–water partition coefficient (Wildman–Crippen LogP) is 1.43. The van der Waals surface area contributed by atoms with E-state index in [9.17, 15) is 28.8 Å². The van der Waals surface area contributed by atoms with Gasteiger partial charge in [-0.05, 0) is 11.1 Å². The summed E-state index contributed by atoms with van der Waals surface area (Å²) in [5.74, 6) is -6.55. The van der Waals surface area contributed by atoms with E-state index in [1.54, 1.807) is 60.7 Å². The van der Waals surface area contributed by atoms with Crippen molar-refractivity contribution in [1.82, 2.24) is 9.80 Å². The number of hydrogen-bond donors (Lipinski definition) is 0. The minimum Gasteiger partial charge on any atom is -0.468 e. The van der Waals surface area contributed by atoms with Crippen molar-refractivity contribution in [3.63, 3.8) is 0 Å². The zero-order valence-electron chi connectivity index (χ0n) is 26.2. The summed E-state index contributed by atoms with van der Waals surface area (Å²) >= 11 is 0. The highest BCUT2D eigenvalue weighted by Gasteiger charge is 3.07. The Bertz CT molecular complexity index is 1490. The third-order valence-corrected chi connectivity index (χ3v) is 11.8. The van der Waals surface area contributed by atoms with Crippen molar-refractivity contribution in [3.8, 4) is 0 Å². The summed E-state index contributed by atoms with van der Waals surface area (Å²) in [6.45, 7) is 2.54. The van der Waals surface area contributed by atoms with Gasteiger partial charge in [0, 0.05) is 25.7 Å². The zero-order chi connectivity index (χ0) is 33.1. The molecule has 2 saturated carbocycles. The molecule has 4 heterocycles. The number of carbonyl (C=O) groups excluding carboxylic acids is 6. The van der Waals surface area contributed by atoms with Crippen LogP contribution in [0.25, 0.3) is 0 Å². The van der Waals surface area contributed by atoms with E-state index in [0.717, 1.165) is 0 Å². The molecule has 0 spiro atoms. The maximum Gasteiger partial charge on any atom is 0.316 e. The number of benzene rings is 2. The number of methoxy groups -OCH3 is 4. The van der Waals surface area contributed by atoms with Crippen molar-refractivity contribution < 1.29 is 47.7 Å². The van der Waals surface area contributed by atoms with Crippen LogP contribution in [0.5, 0.6) is 0 Å². The van der Waals surface area contributed by atoms with Crippen molar-refractivity contribution in [2.75, 3.05) is 28.4 Å². The van der Waals surface area contributed by atoms with E-state index in [1.807, 2.05) is 0 Å². The lowest BCUT2D eigenvalue weighted by atomic mass is 9.15. The Kier molecular flexibility index (Phi) is 6.12. The van der Waals surface area contributed by atoms with Gasteiger partial charge in [0.25, 0.3) is 0 Å². The number of ether oxygens (including phenoxy) is 4. The molecule has 2 aromatic rings. The summed E-state index contributed by atoms with van der Waals surface area (Å²) in [7, 11) is 4.77. The van der Waals surface area contributed by atoms with Gasteiger partial charge in [0.2, 0.25) is 11.8 Å². The molecule has 2 amide bonds. The number of esters is 4. The van der Waals surface area contributed by atoms with Crippen LogP contribution in [0.15, 0.2) is 60.7 Å². The molecule has 0 unspecified atom stereocenters. The summed E-state index contributed by atoms with van der Waals surface area (Å²) in [6.07, 6.45) is 0. The van der Waals surface area contributed by atoms with Crippen LogP contribution in [-0.2, 0) is 47.7 Å². The van der Waals surface area contributed by atoms with Gasteiger partial charge in [-0.2, -0.15) is 0 Å². The highest BCUT2D eigenvalue weighted by molar-refractivity contribution is 6.06. The molecule has 240 valence electrons. The Morgan fingerprint density at radius 1 is 0.478 bits per heavy atom. The molecule has 46 heavy (non-hydrogen) atoms. The zero-order valence-corrected chi connectivity index (χ0v) is 26.2. The average Bonchev–Trinajstić information content (AvgIpc) is 3.05. The summed E-state index contributed by atoms with van der Waals surface area (Å²) in [6, 6.07) is 12.4. The van der Waals surface area contributed by atoms with E-state index in [-0.39, 0.29) is 0 Å². The van der Waals surface area contributed by atoms with Gasteiger partial charge in [-0.1, -0.05) is 60.7 Å². The first-order chi connectivity index (χ1) is 22.0. The fourth-order valence-corrected chi connectivity index (χ4v) is 11.4. The van der Waals surface area contributed by atoms with Gasteiger partial charge < -0.3 is 28.7 Å².